The van der Waals surface area contributed by atoms with E-state index < -0.39 is 0 Å². The molecule has 21 heavy (non-hydrogen) atoms. The Hall–Kier alpha value is -1.80. The third-order valence-corrected chi connectivity index (χ3v) is 3.98. The average molecular weight is 281 g/mol. The SMILES string of the molecule is CCCNC(c1ccccc1)c1ccc2c(c1)CC(C)O2. The first kappa shape index (κ1) is 14.2. The predicted molar refractivity (Wildman–Crippen MR) is 86.8 cm³/mol. The normalized spacial score (nSPS) is 18.1. The van der Waals surface area contributed by atoms with Gasteiger partial charge in [0.25, 0.3) is 0 Å². The lowest BCUT2D eigenvalue weighted by Crippen LogP contribution is -2.23. The van der Waals surface area contributed by atoms with Gasteiger partial charge in [0, 0.05) is 6.42 Å². The molecule has 1 N–H and O–H groups in total. The first-order chi connectivity index (χ1) is 10.3. The second-order valence-electron chi connectivity index (χ2n) is 5.80. The summed E-state index contributed by atoms with van der Waals surface area (Å²) < 4.78 is 5.81. The number of hydrogen-bond acceptors (Lipinski definition) is 2. The first-order valence-electron chi connectivity index (χ1n) is 7.85. The van der Waals surface area contributed by atoms with Crippen LogP contribution in [0, 0.1) is 0 Å². The standard InChI is InChI=1S/C19H23NO/c1-3-11-20-19(15-7-5-4-6-8-15)16-9-10-18-17(13-16)12-14(2)21-18/h4-10,13-14,19-20H,3,11-12H2,1-2H3. The Kier molecular flexibility index (Phi) is 4.26. The van der Waals surface area contributed by atoms with E-state index in [1.165, 1.54) is 16.7 Å². The van der Waals surface area contributed by atoms with Gasteiger partial charge in [-0.1, -0.05) is 49.4 Å². The van der Waals surface area contributed by atoms with Crippen molar-refractivity contribution in [3.63, 3.8) is 0 Å². The summed E-state index contributed by atoms with van der Waals surface area (Å²) >= 11 is 0. The van der Waals surface area contributed by atoms with Gasteiger partial charge >= 0.3 is 0 Å². The van der Waals surface area contributed by atoms with Crippen LogP contribution in [0.5, 0.6) is 5.75 Å². The fourth-order valence-electron chi connectivity index (χ4n) is 2.98. The fourth-order valence-corrected chi connectivity index (χ4v) is 2.98. The van der Waals surface area contributed by atoms with Crippen LogP contribution in [0.4, 0.5) is 0 Å². The molecule has 0 bridgehead atoms. The second kappa shape index (κ2) is 6.31. The van der Waals surface area contributed by atoms with E-state index in [0.717, 1.165) is 25.1 Å². The van der Waals surface area contributed by atoms with Crippen LogP contribution >= 0.6 is 0 Å². The number of fused-ring (bicyclic) bond motifs is 1. The summed E-state index contributed by atoms with van der Waals surface area (Å²) in [4.78, 5) is 0. The molecular formula is C19H23NO. The summed E-state index contributed by atoms with van der Waals surface area (Å²) in [6, 6.07) is 17.5. The third kappa shape index (κ3) is 3.11. The van der Waals surface area contributed by atoms with Crippen molar-refractivity contribution in [2.75, 3.05) is 6.54 Å². The van der Waals surface area contributed by atoms with E-state index in [-0.39, 0.29) is 6.04 Å². The molecule has 1 heterocycles. The molecule has 0 spiro atoms. The minimum absolute atomic E-state index is 0.257. The highest BCUT2D eigenvalue weighted by Crippen LogP contribution is 2.32. The number of ether oxygens (including phenoxy) is 1. The van der Waals surface area contributed by atoms with E-state index in [9.17, 15) is 0 Å². The van der Waals surface area contributed by atoms with Crippen molar-refractivity contribution in [2.24, 2.45) is 0 Å². The first-order valence-corrected chi connectivity index (χ1v) is 7.85. The van der Waals surface area contributed by atoms with Gasteiger partial charge in [0.2, 0.25) is 0 Å². The van der Waals surface area contributed by atoms with E-state index in [1.807, 2.05) is 0 Å². The molecule has 0 radical (unpaired) electrons. The van der Waals surface area contributed by atoms with Gasteiger partial charge in [0.15, 0.2) is 0 Å². The zero-order chi connectivity index (χ0) is 14.7. The highest BCUT2D eigenvalue weighted by Gasteiger charge is 2.21. The van der Waals surface area contributed by atoms with Crippen molar-refractivity contribution in [3.05, 3.63) is 65.2 Å². The van der Waals surface area contributed by atoms with Crippen molar-refractivity contribution < 1.29 is 4.74 Å². The van der Waals surface area contributed by atoms with Gasteiger partial charge < -0.3 is 10.1 Å². The summed E-state index contributed by atoms with van der Waals surface area (Å²) in [6.45, 7) is 5.35. The molecule has 2 aromatic rings. The highest BCUT2D eigenvalue weighted by atomic mass is 16.5. The molecule has 0 aliphatic carbocycles. The van der Waals surface area contributed by atoms with Gasteiger partial charge in [-0.25, -0.2) is 0 Å². The van der Waals surface area contributed by atoms with Crippen LogP contribution in [0.2, 0.25) is 0 Å². The van der Waals surface area contributed by atoms with Crippen molar-refractivity contribution >= 4 is 0 Å². The molecule has 2 heteroatoms. The maximum Gasteiger partial charge on any atom is 0.123 e. The lowest BCUT2D eigenvalue weighted by atomic mass is 9.96. The topological polar surface area (TPSA) is 21.3 Å². The summed E-state index contributed by atoms with van der Waals surface area (Å²) in [6.07, 6.45) is 2.45. The van der Waals surface area contributed by atoms with Gasteiger partial charge in [-0.05, 0) is 42.6 Å². The molecule has 2 atom stereocenters. The molecule has 0 amide bonds. The summed E-state index contributed by atoms with van der Waals surface area (Å²) in [5, 5.41) is 3.66. The van der Waals surface area contributed by atoms with E-state index in [1.54, 1.807) is 0 Å². The van der Waals surface area contributed by atoms with Gasteiger partial charge in [0.1, 0.15) is 11.9 Å². The number of benzene rings is 2. The molecule has 0 fully saturated rings. The van der Waals surface area contributed by atoms with E-state index >= 15 is 0 Å². The molecule has 0 saturated heterocycles. The molecule has 3 rings (SSSR count). The van der Waals surface area contributed by atoms with Gasteiger partial charge in [-0.3, -0.25) is 0 Å². The van der Waals surface area contributed by atoms with Crippen LogP contribution in [0.3, 0.4) is 0 Å². The lowest BCUT2D eigenvalue weighted by molar-refractivity contribution is 0.254. The molecule has 0 saturated carbocycles. The Morgan fingerprint density at radius 2 is 1.95 bits per heavy atom. The van der Waals surface area contributed by atoms with Crippen molar-refractivity contribution in [3.8, 4) is 5.75 Å². The molecule has 2 nitrogen and oxygen atoms in total. The Bertz CT molecular complexity index is 594. The van der Waals surface area contributed by atoms with E-state index in [4.69, 9.17) is 4.74 Å². The minimum Gasteiger partial charge on any atom is -0.490 e. The predicted octanol–water partition coefficient (Wildman–Crippen LogP) is 4.10. The van der Waals surface area contributed by atoms with Gasteiger partial charge in [-0.2, -0.15) is 0 Å². The van der Waals surface area contributed by atoms with Crippen LogP contribution in [-0.2, 0) is 6.42 Å². The van der Waals surface area contributed by atoms with Crippen molar-refractivity contribution in [1.82, 2.24) is 5.32 Å². The second-order valence-corrected chi connectivity index (χ2v) is 5.80. The minimum atomic E-state index is 0.257. The van der Waals surface area contributed by atoms with Gasteiger partial charge in [-0.15, -0.1) is 0 Å². The molecule has 110 valence electrons. The lowest BCUT2D eigenvalue weighted by Gasteiger charge is -2.20. The summed E-state index contributed by atoms with van der Waals surface area (Å²) in [5.41, 5.74) is 3.98. The number of hydrogen-bond donors (Lipinski definition) is 1. The fraction of sp³-hybridized carbons (Fsp3) is 0.368. The van der Waals surface area contributed by atoms with Crippen LogP contribution in [0.1, 0.15) is 43.0 Å². The molecule has 1 aliphatic rings. The van der Waals surface area contributed by atoms with Gasteiger partial charge in [0.05, 0.1) is 6.04 Å². The summed E-state index contributed by atoms with van der Waals surface area (Å²) in [5.74, 6) is 1.05. The largest absolute Gasteiger partial charge is 0.490 e. The van der Waals surface area contributed by atoms with Crippen molar-refractivity contribution in [2.45, 2.75) is 38.8 Å². The Morgan fingerprint density at radius 3 is 2.71 bits per heavy atom. The zero-order valence-electron chi connectivity index (χ0n) is 12.8. The smallest absolute Gasteiger partial charge is 0.123 e. The van der Waals surface area contributed by atoms with Crippen LogP contribution in [-0.4, -0.2) is 12.6 Å². The number of rotatable bonds is 5. The van der Waals surface area contributed by atoms with E-state index in [0.29, 0.717) is 6.10 Å². The maximum atomic E-state index is 5.81. The van der Waals surface area contributed by atoms with Crippen LogP contribution in [0.25, 0.3) is 0 Å². The van der Waals surface area contributed by atoms with E-state index in [2.05, 4.69) is 67.7 Å². The Labute approximate surface area is 127 Å². The maximum absolute atomic E-state index is 5.81. The molecule has 1 aliphatic heterocycles. The molecular weight excluding hydrogens is 258 g/mol. The molecule has 2 aromatic carbocycles. The Balaban J connectivity index is 1.92. The van der Waals surface area contributed by atoms with Crippen LogP contribution in [0.15, 0.2) is 48.5 Å². The summed E-state index contributed by atoms with van der Waals surface area (Å²) in [7, 11) is 0. The zero-order valence-corrected chi connectivity index (χ0v) is 12.8. The van der Waals surface area contributed by atoms with Crippen molar-refractivity contribution in [1.29, 1.82) is 0 Å². The highest BCUT2D eigenvalue weighted by molar-refractivity contribution is 5.43. The molecule has 0 aromatic heterocycles. The quantitative estimate of drug-likeness (QED) is 0.891. The Morgan fingerprint density at radius 1 is 1.14 bits per heavy atom. The average Bonchev–Trinajstić information content (AvgIpc) is 2.88. The molecule has 2 unspecified atom stereocenters. The third-order valence-electron chi connectivity index (χ3n) is 3.98. The monoisotopic (exact) mass is 281 g/mol. The number of nitrogens with one attached hydrogen (secondary N) is 1. The van der Waals surface area contributed by atoms with Crippen LogP contribution < -0.4 is 10.1 Å².